The summed E-state index contributed by atoms with van der Waals surface area (Å²) in [6, 6.07) is 17.3. The highest BCUT2D eigenvalue weighted by Gasteiger charge is 2.15. The van der Waals surface area contributed by atoms with E-state index in [1.807, 2.05) is 38.1 Å². The van der Waals surface area contributed by atoms with Crippen molar-refractivity contribution in [1.29, 1.82) is 0 Å². The number of hydrogen-bond acceptors (Lipinski definition) is 6. The maximum atomic E-state index is 12.9. The second kappa shape index (κ2) is 10.4. The van der Waals surface area contributed by atoms with Gasteiger partial charge in [-0.25, -0.2) is 9.48 Å². The summed E-state index contributed by atoms with van der Waals surface area (Å²) in [6.45, 7) is 4.09. The number of carbonyl (C=O) groups is 2. The van der Waals surface area contributed by atoms with Crippen molar-refractivity contribution < 1.29 is 14.3 Å². The molecule has 0 saturated carbocycles. The van der Waals surface area contributed by atoms with Gasteiger partial charge in [0.1, 0.15) is 23.0 Å². The lowest BCUT2D eigenvalue weighted by atomic mass is 10.1. The third-order valence-corrected chi connectivity index (χ3v) is 5.77. The van der Waals surface area contributed by atoms with E-state index in [2.05, 4.69) is 31.1 Å². The highest BCUT2D eigenvalue weighted by Crippen LogP contribution is 2.26. The molecule has 11 heteroatoms. The van der Waals surface area contributed by atoms with Crippen LogP contribution in [0.4, 0.5) is 16.3 Å². The molecule has 2 aromatic carbocycles. The molecule has 0 unspecified atom stereocenters. The Bertz CT molecular complexity index is 1600. The number of benzene rings is 2. The van der Waals surface area contributed by atoms with Crippen molar-refractivity contribution in [2.24, 2.45) is 0 Å². The first-order valence-corrected chi connectivity index (χ1v) is 12.0. The van der Waals surface area contributed by atoms with Gasteiger partial charge in [-0.2, -0.15) is 10.2 Å². The molecule has 0 fully saturated rings. The number of rotatable bonds is 7. The van der Waals surface area contributed by atoms with E-state index < -0.39 is 6.03 Å². The fourth-order valence-electron chi connectivity index (χ4n) is 3.78. The van der Waals surface area contributed by atoms with Crippen molar-refractivity contribution in [1.82, 2.24) is 30.3 Å². The van der Waals surface area contributed by atoms with Crippen LogP contribution in [0.3, 0.4) is 0 Å². The highest BCUT2D eigenvalue weighted by molar-refractivity contribution is 5.99. The second-order valence-corrected chi connectivity index (χ2v) is 8.82. The third kappa shape index (κ3) is 5.31. The Morgan fingerprint density at radius 1 is 0.974 bits per heavy atom. The van der Waals surface area contributed by atoms with Crippen molar-refractivity contribution in [2.45, 2.75) is 19.8 Å². The van der Waals surface area contributed by atoms with Crippen LogP contribution in [-0.2, 0) is 0 Å². The first kappa shape index (κ1) is 24.5. The number of ether oxygens (including phenoxy) is 1. The summed E-state index contributed by atoms with van der Waals surface area (Å²) in [6.07, 6.45) is 3.25. The molecular formula is C27H26N8O3. The largest absolute Gasteiger partial charge is 0.457 e. The minimum absolute atomic E-state index is 0.179. The van der Waals surface area contributed by atoms with Crippen LogP contribution in [0.1, 0.15) is 35.9 Å². The Morgan fingerprint density at radius 2 is 1.79 bits per heavy atom. The van der Waals surface area contributed by atoms with Crippen LogP contribution in [0, 0.1) is 0 Å². The number of urea groups is 1. The molecule has 38 heavy (non-hydrogen) atoms. The molecule has 0 bridgehead atoms. The van der Waals surface area contributed by atoms with E-state index >= 15 is 0 Å². The fraction of sp³-hybridized carbons (Fsp3) is 0.148. The zero-order valence-electron chi connectivity index (χ0n) is 21.0. The van der Waals surface area contributed by atoms with Gasteiger partial charge in [0.25, 0.3) is 5.91 Å². The number of carbonyl (C=O) groups excluding carboxylic acids is 2. The van der Waals surface area contributed by atoms with Gasteiger partial charge in [-0.1, -0.05) is 13.8 Å². The van der Waals surface area contributed by atoms with Gasteiger partial charge in [0, 0.05) is 36.5 Å². The molecule has 5 rings (SSSR count). The van der Waals surface area contributed by atoms with E-state index in [-0.39, 0.29) is 17.5 Å². The first-order valence-electron chi connectivity index (χ1n) is 12.0. The molecule has 11 nitrogen and oxygen atoms in total. The third-order valence-electron chi connectivity index (χ3n) is 5.77. The van der Waals surface area contributed by atoms with E-state index in [9.17, 15) is 9.59 Å². The molecular weight excluding hydrogens is 484 g/mol. The van der Waals surface area contributed by atoms with Crippen molar-refractivity contribution in [2.75, 3.05) is 17.7 Å². The van der Waals surface area contributed by atoms with Crippen LogP contribution in [0.15, 0.2) is 73.1 Å². The molecule has 192 valence electrons. The lowest BCUT2D eigenvalue weighted by molar-refractivity contribution is 0.0958. The topological polar surface area (TPSA) is 139 Å². The SMILES string of the molecule is CNC(=O)c1cc(Oc2ccc(NC(=O)Nc3cc(C(C)C)nn3-c3ccc4[nH]ncc4c3)cc2)ccn1. The van der Waals surface area contributed by atoms with Crippen molar-refractivity contribution in [3.8, 4) is 17.2 Å². The Morgan fingerprint density at radius 3 is 2.55 bits per heavy atom. The Labute approximate surface area is 218 Å². The van der Waals surface area contributed by atoms with Crippen LogP contribution < -0.4 is 20.7 Å². The van der Waals surface area contributed by atoms with Crippen LogP contribution >= 0.6 is 0 Å². The predicted molar refractivity (Wildman–Crippen MR) is 144 cm³/mol. The number of fused-ring (bicyclic) bond motifs is 1. The van der Waals surface area contributed by atoms with Gasteiger partial charge in [0.2, 0.25) is 0 Å². The molecule has 0 atom stereocenters. The monoisotopic (exact) mass is 510 g/mol. The number of anilines is 2. The Balaban J connectivity index is 1.28. The average molecular weight is 511 g/mol. The van der Waals surface area contributed by atoms with Gasteiger partial charge in [-0.15, -0.1) is 0 Å². The predicted octanol–water partition coefficient (Wildman–Crippen LogP) is 5.06. The molecule has 3 amide bonds. The molecule has 0 saturated heterocycles. The molecule has 0 aliphatic rings. The molecule has 0 aliphatic heterocycles. The summed E-state index contributed by atoms with van der Waals surface area (Å²) in [4.78, 5) is 28.7. The number of nitrogens with zero attached hydrogens (tertiary/aromatic N) is 4. The van der Waals surface area contributed by atoms with E-state index in [1.54, 1.807) is 47.3 Å². The average Bonchev–Trinajstić information content (AvgIpc) is 3.56. The van der Waals surface area contributed by atoms with E-state index in [0.29, 0.717) is 23.0 Å². The second-order valence-electron chi connectivity index (χ2n) is 8.82. The normalized spacial score (nSPS) is 10.9. The van der Waals surface area contributed by atoms with Gasteiger partial charge in [0.15, 0.2) is 0 Å². The van der Waals surface area contributed by atoms with Gasteiger partial charge in [0.05, 0.1) is 23.1 Å². The van der Waals surface area contributed by atoms with E-state index in [0.717, 1.165) is 22.3 Å². The summed E-state index contributed by atoms with van der Waals surface area (Å²) >= 11 is 0. The van der Waals surface area contributed by atoms with Gasteiger partial charge in [-0.3, -0.25) is 20.2 Å². The number of pyridine rings is 1. The quantitative estimate of drug-likeness (QED) is 0.241. The maximum absolute atomic E-state index is 12.9. The minimum Gasteiger partial charge on any atom is -0.457 e. The van der Waals surface area contributed by atoms with Crippen molar-refractivity contribution in [3.05, 3.63) is 84.4 Å². The first-order chi connectivity index (χ1) is 18.4. The standard InChI is InChI=1S/C27H26N8O3/c1-16(2)23-14-25(35(34-23)19-6-9-22-17(12-19)15-30-33-22)32-27(37)31-18-4-7-20(8-5-18)38-21-10-11-29-24(13-21)26(36)28-3/h4-16H,1-3H3,(H,28,36)(H,30,33)(H2,31,32,37). The van der Waals surface area contributed by atoms with Gasteiger partial charge in [-0.05, 0) is 54.4 Å². The fourth-order valence-corrected chi connectivity index (χ4v) is 3.78. The minimum atomic E-state index is -0.413. The van der Waals surface area contributed by atoms with Crippen LogP contribution in [0.25, 0.3) is 16.6 Å². The zero-order valence-corrected chi connectivity index (χ0v) is 21.0. The van der Waals surface area contributed by atoms with Crippen molar-refractivity contribution >= 4 is 34.3 Å². The van der Waals surface area contributed by atoms with Crippen molar-refractivity contribution in [3.63, 3.8) is 0 Å². The molecule has 0 radical (unpaired) electrons. The van der Waals surface area contributed by atoms with Crippen LogP contribution in [0.5, 0.6) is 11.5 Å². The smallest absolute Gasteiger partial charge is 0.324 e. The summed E-state index contributed by atoms with van der Waals surface area (Å²) in [5.41, 5.74) is 3.40. The lowest BCUT2D eigenvalue weighted by Gasteiger charge is -2.11. The molecule has 3 heterocycles. The number of H-pyrrole nitrogens is 1. The number of aromatic amines is 1. The number of aromatic nitrogens is 5. The Hall–Kier alpha value is -5.19. The zero-order chi connectivity index (χ0) is 26.6. The van der Waals surface area contributed by atoms with Crippen LogP contribution in [-0.4, -0.2) is 43.9 Å². The maximum Gasteiger partial charge on any atom is 0.324 e. The molecule has 5 aromatic rings. The Kier molecular flexibility index (Phi) is 6.72. The summed E-state index contributed by atoms with van der Waals surface area (Å²) < 4.78 is 7.53. The number of hydrogen-bond donors (Lipinski definition) is 4. The van der Waals surface area contributed by atoms with E-state index in [4.69, 9.17) is 9.84 Å². The summed E-state index contributed by atoms with van der Waals surface area (Å²) in [5.74, 6) is 1.43. The summed E-state index contributed by atoms with van der Waals surface area (Å²) in [7, 11) is 1.54. The molecule has 0 aliphatic carbocycles. The summed E-state index contributed by atoms with van der Waals surface area (Å²) in [5, 5.41) is 20.9. The molecule has 4 N–H and O–H groups in total. The lowest BCUT2D eigenvalue weighted by Crippen LogP contribution is -2.21. The number of amides is 3. The van der Waals surface area contributed by atoms with Crippen LogP contribution in [0.2, 0.25) is 0 Å². The van der Waals surface area contributed by atoms with E-state index in [1.165, 1.54) is 13.2 Å². The van der Waals surface area contributed by atoms with Gasteiger partial charge >= 0.3 is 6.03 Å². The molecule has 0 spiro atoms. The van der Waals surface area contributed by atoms with Gasteiger partial charge < -0.3 is 15.4 Å². The molecule has 3 aromatic heterocycles. The number of nitrogens with one attached hydrogen (secondary N) is 4. The highest BCUT2D eigenvalue weighted by atomic mass is 16.5.